The molecule has 5 heteroatoms. The molecule has 0 amide bonds. The van der Waals surface area contributed by atoms with Gasteiger partial charge in [0.05, 0.1) is 5.92 Å². The maximum atomic E-state index is 12.9. The molecule has 0 spiro atoms. The molecule has 0 aromatic carbocycles. The van der Waals surface area contributed by atoms with E-state index in [0.29, 0.717) is 18.5 Å². The van der Waals surface area contributed by atoms with Crippen LogP contribution in [0, 0.1) is 11.8 Å². The Balaban J connectivity index is 1.98. The number of hydrogen-bond acceptors (Lipinski definition) is 2. The summed E-state index contributed by atoms with van der Waals surface area (Å²) in [6, 6.07) is 0.360. The van der Waals surface area contributed by atoms with Crippen molar-refractivity contribution >= 4 is 0 Å². The molecular weight excluding hydrogens is 241 g/mol. The number of hydrogen-bond donors (Lipinski definition) is 1. The Bertz CT molecular complexity index is 267. The maximum absolute atomic E-state index is 12.9. The van der Waals surface area contributed by atoms with Crippen LogP contribution in [0.3, 0.4) is 0 Å². The smallest absolute Gasteiger partial charge is 0.315 e. The molecule has 0 aromatic rings. The van der Waals surface area contributed by atoms with Crippen LogP contribution in [0.1, 0.15) is 32.6 Å². The minimum Gasteiger partial charge on any atom is -0.315 e. The third-order valence-electron chi connectivity index (χ3n) is 4.31. The van der Waals surface area contributed by atoms with E-state index >= 15 is 0 Å². The highest BCUT2D eigenvalue weighted by molar-refractivity contribution is 4.85. The van der Waals surface area contributed by atoms with Crippen molar-refractivity contribution in [2.45, 2.75) is 44.8 Å². The molecule has 1 N–H and O–H groups in total. The van der Waals surface area contributed by atoms with Crippen LogP contribution >= 0.6 is 0 Å². The van der Waals surface area contributed by atoms with Crippen molar-refractivity contribution in [3.05, 3.63) is 0 Å². The van der Waals surface area contributed by atoms with E-state index in [-0.39, 0.29) is 13.1 Å². The summed E-state index contributed by atoms with van der Waals surface area (Å²) in [5.74, 6) is -0.554. The summed E-state index contributed by atoms with van der Waals surface area (Å²) in [7, 11) is 0. The van der Waals surface area contributed by atoms with Crippen LogP contribution in [0.4, 0.5) is 13.2 Å². The zero-order valence-electron chi connectivity index (χ0n) is 11.0. The predicted octanol–water partition coefficient (Wildman–Crippen LogP) is 2.65. The lowest BCUT2D eigenvalue weighted by atomic mass is 9.86. The molecule has 106 valence electrons. The Kier molecular flexibility index (Phi) is 4.54. The summed E-state index contributed by atoms with van der Waals surface area (Å²) in [4.78, 5) is 2.08. The fourth-order valence-corrected chi connectivity index (χ4v) is 3.22. The van der Waals surface area contributed by atoms with E-state index in [2.05, 4.69) is 17.1 Å². The molecule has 18 heavy (non-hydrogen) atoms. The molecule has 2 fully saturated rings. The third kappa shape index (κ3) is 3.60. The van der Waals surface area contributed by atoms with Gasteiger partial charge in [0.2, 0.25) is 0 Å². The highest BCUT2D eigenvalue weighted by Gasteiger charge is 2.42. The Morgan fingerprint density at radius 1 is 1.22 bits per heavy atom. The first-order valence-electron chi connectivity index (χ1n) is 6.98. The average molecular weight is 264 g/mol. The zero-order chi connectivity index (χ0) is 13.2. The van der Waals surface area contributed by atoms with E-state index in [1.54, 1.807) is 0 Å². The second-order valence-electron chi connectivity index (χ2n) is 5.86. The molecule has 1 aliphatic carbocycles. The highest BCUT2D eigenvalue weighted by atomic mass is 19.4. The summed E-state index contributed by atoms with van der Waals surface area (Å²) >= 11 is 0. The van der Waals surface area contributed by atoms with Gasteiger partial charge in [0.25, 0.3) is 0 Å². The summed E-state index contributed by atoms with van der Waals surface area (Å²) in [6.07, 6.45) is 0.438. The van der Waals surface area contributed by atoms with Gasteiger partial charge in [0, 0.05) is 32.2 Å². The molecule has 1 saturated carbocycles. The molecule has 0 bridgehead atoms. The van der Waals surface area contributed by atoms with Crippen molar-refractivity contribution in [3.63, 3.8) is 0 Å². The number of nitrogens with zero attached hydrogens (tertiary/aromatic N) is 1. The van der Waals surface area contributed by atoms with Crippen molar-refractivity contribution in [1.82, 2.24) is 10.2 Å². The van der Waals surface area contributed by atoms with Crippen LogP contribution in [-0.2, 0) is 0 Å². The second kappa shape index (κ2) is 5.78. The molecule has 1 aliphatic heterocycles. The quantitative estimate of drug-likeness (QED) is 0.783. The van der Waals surface area contributed by atoms with Crippen molar-refractivity contribution in [2.75, 3.05) is 26.2 Å². The first kappa shape index (κ1) is 14.1. The van der Waals surface area contributed by atoms with Gasteiger partial charge in [-0.2, -0.15) is 13.2 Å². The number of halogens is 3. The lowest BCUT2D eigenvalue weighted by Crippen LogP contribution is -2.44. The van der Waals surface area contributed by atoms with Crippen molar-refractivity contribution < 1.29 is 13.2 Å². The molecule has 0 radical (unpaired) electrons. The topological polar surface area (TPSA) is 15.3 Å². The van der Waals surface area contributed by atoms with Gasteiger partial charge in [-0.25, -0.2) is 0 Å². The van der Waals surface area contributed by atoms with Gasteiger partial charge in [0.1, 0.15) is 0 Å². The monoisotopic (exact) mass is 264 g/mol. The van der Waals surface area contributed by atoms with Crippen LogP contribution in [0.25, 0.3) is 0 Å². The number of nitrogens with one attached hydrogen (secondary N) is 1. The van der Waals surface area contributed by atoms with E-state index in [4.69, 9.17) is 0 Å². The minimum absolute atomic E-state index is 0.0717. The molecule has 2 nitrogen and oxygen atoms in total. The van der Waals surface area contributed by atoms with E-state index < -0.39 is 12.1 Å². The first-order valence-corrected chi connectivity index (χ1v) is 6.98. The fraction of sp³-hybridized carbons (Fsp3) is 1.00. The van der Waals surface area contributed by atoms with Crippen LogP contribution in [0.2, 0.25) is 0 Å². The van der Waals surface area contributed by atoms with E-state index in [9.17, 15) is 13.2 Å². The molecule has 3 unspecified atom stereocenters. The fourth-order valence-electron chi connectivity index (χ4n) is 3.22. The van der Waals surface area contributed by atoms with Crippen LogP contribution in [0.15, 0.2) is 0 Å². The van der Waals surface area contributed by atoms with E-state index in [1.165, 1.54) is 6.42 Å². The maximum Gasteiger partial charge on any atom is 0.394 e. The Labute approximate surface area is 107 Å². The standard InChI is InChI=1S/C13H23F3N2/c1-10-3-2-4-12(7-10)18-6-5-17-8-11(9-18)13(14,15)16/h10-12,17H,2-9H2,1H3. The lowest BCUT2D eigenvalue weighted by Gasteiger charge is -2.37. The van der Waals surface area contributed by atoms with E-state index in [1.807, 2.05) is 0 Å². The van der Waals surface area contributed by atoms with E-state index in [0.717, 1.165) is 25.8 Å². The summed E-state index contributed by atoms with van der Waals surface area (Å²) < 4.78 is 38.6. The Morgan fingerprint density at radius 3 is 2.67 bits per heavy atom. The largest absolute Gasteiger partial charge is 0.394 e. The molecule has 2 aliphatic rings. The van der Waals surface area contributed by atoms with Crippen LogP contribution in [-0.4, -0.2) is 43.3 Å². The zero-order valence-corrected chi connectivity index (χ0v) is 11.0. The average Bonchev–Trinajstić information content (AvgIpc) is 2.53. The highest BCUT2D eigenvalue weighted by Crippen LogP contribution is 2.32. The van der Waals surface area contributed by atoms with Gasteiger partial charge in [-0.1, -0.05) is 19.8 Å². The normalized spacial score (nSPS) is 36.3. The molecule has 2 rings (SSSR count). The summed E-state index contributed by atoms with van der Waals surface area (Å²) in [5, 5.41) is 2.92. The van der Waals surface area contributed by atoms with Crippen LogP contribution in [0.5, 0.6) is 0 Å². The predicted molar refractivity (Wildman–Crippen MR) is 65.4 cm³/mol. The molecule has 0 aromatic heterocycles. The molecular formula is C13H23F3N2. The lowest BCUT2D eigenvalue weighted by molar-refractivity contribution is -0.177. The van der Waals surface area contributed by atoms with Crippen molar-refractivity contribution in [3.8, 4) is 0 Å². The Morgan fingerprint density at radius 2 is 2.00 bits per heavy atom. The van der Waals surface area contributed by atoms with Gasteiger partial charge in [-0.3, -0.25) is 4.90 Å². The third-order valence-corrected chi connectivity index (χ3v) is 4.31. The van der Waals surface area contributed by atoms with Crippen molar-refractivity contribution in [1.29, 1.82) is 0 Å². The second-order valence-corrected chi connectivity index (χ2v) is 5.86. The SMILES string of the molecule is CC1CCCC(N2CCNCC(C(F)(F)F)C2)C1. The van der Waals surface area contributed by atoms with Gasteiger partial charge < -0.3 is 5.32 Å². The minimum atomic E-state index is -4.07. The van der Waals surface area contributed by atoms with Crippen LogP contribution < -0.4 is 5.32 Å². The molecule has 1 heterocycles. The molecule has 1 saturated heterocycles. The number of rotatable bonds is 1. The number of alkyl halides is 3. The summed E-state index contributed by atoms with van der Waals surface area (Å²) in [6.45, 7) is 3.89. The molecule has 3 atom stereocenters. The van der Waals surface area contributed by atoms with Gasteiger partial charge in [-0.05, 0) is 18.8 Å². The van der Waals surface area contributed by atoms with Gasteiger partial charge >= 0.3 is 6.18 Å². The first-order chi connectivity index (χ1) is 8.47. The van der Waals surface area contributed by atoms with Crippen molar-refractivity contribution in [2.24, 2.45) is 11.8 Å². The van der Waals surface area contributed by atoms with Gasteiger partial charge in [0.15, 0.2) is 0 Å². The summed E-state index contributed by atoms with van der Waals surface area (Å²) in [5.41, 5.74) is 0. The van der Waals surface area contributed by atoms with Gasteiger partial charge in [-0.15, -0.1) is 0 Å². The Hall–Kier alpha value is -0.290.